The topological polar surface area (TPSA) is 76.0 Å². The van der Waals surface area contributed by atoms with Gasteiger partial charge >= 0.3 is 5.97 Å². The monoisotopic (exact) mass is 233 g/mol. The van der Waals surface area contributed by atoms with Crippen LogP contribution in [0.1, 0.15) is 16.2 Å². The second kappa shape index (κ2) is 4.25. The molecule has 0 radical (unpaired) electrons. The summed E-state index contributed by atoms with van der Waals surface area (Å²) in [5, 5.41) is 8.79. The number of aromatic nitrogens is 3. The maximum atomic E-state index is 13.5. The third-order valence-corrected chi connectivity index (χ3v) is 2.19. The summed E-state index contributed by atoms with van der Waals surface area (Å²) in [4.78, 5) is 21.8. The minimum absolute atomic E-state index is 0.211. The number of pyridine rings is 1. The Balaban J connectivity index is 2.63. The molecule has 0 amide bonds. The number of carboxylic acid groups (broad SMARTS) is 1. The zero-order chi connectivity index (χ0) is 12.4. The van der Waals surface area contributed by atoms with Gasteiger partial charge in [-0.15, -0.1) is 0 Å². The van der Waals surface area contributed by atoms with Gasteiger partial charge in [-0.25, -0.2) is 19.2 Å². The molecule has 0 aliphatic carbocycles. The van der Waals surface area contributed by atoms with E-state index < -0.39 is 11.8 Å². The molecule has 0 aromatic carbocycles. The molecule has 0 atom stereocenters. The fourth-order valence-electron chi connectivity index (χ4n) is 1.38. The number of carbonyl (C=O) groups is 1. The van der Waals surface area contributed by atoms with Crippen molar-refractivity contribution >= 4 is 5.97 Å². The summed E-state index contributed by atoms with van der Waals surface area (Å²) in [5.74, 6) is -2.16. The summed E-state index contributed by atoms with van der Waals surface area (Å²) in [6.07, 6.45) is 3.82. The van der Waals surface area contributed by atoms with Gasteiger partial charge in [0, 0.05) is 18.0 Å². The fraction of sp³-hybridized carbons (Fsp3) is 0.0909. The van der Waals surface area contributed by atoms with Crippen molar-refractivity contribution in [2.45, 2.75) is 6.92 Å². The largest absolute Gasteiger partial charge is 0.475 e. The first kappa shape index (κ1) is 11.1. The molecule has 17 heavy (non-hydrogen) atoms. The molecular weight excluding hydrogens is 225 g/mol. The minimum atomic E-state index is -1.25. The van der Waals surface area contributed by atoms with Gasteiger partial charge in [-0.05, 0) is 18.6 Å². The van der Waals surface area contributed by atoms with E-state index in [-0.39, 0.29) is 17.1 Å². The molecule has 0 aliphatic heterocycles. The van der Waals surface area contributed by atoms with Crippen molar-refractivity contribution in [1.82, 2.24) is 15.0 Å². The lowest BCUT2D eigenvalue weighted by Gasteiger charge is -2.05. The van der Waals surface area contributed by atoms with Crippen molar-refractivity contribution in [3.05, 3.63) is 41.9 Å². The first-order chi connectivity index (χ1) is 8.09. The van der Waals surface area contributed by atoms with Gasteiger partial charge in [0.1, 0.15) is 0 Å². The van der Waals surface area contributed by atoms with Gasteiger partial charge in [0.05, 0.1) is 11.9 Å². The van der Waals surface area contributed by atoms with E-state index in [0.717, 1.165) is 6.20 Å². The molecule has 0 bridgehead atoms. The Bertz CT molecular complexity index is 587. The molecule has 2 aromatic heterocycles. The van der Waals surface area contributed by atoms with Crippen molar-refractivity contribution in [2.24, 2.45) is 0 Å². The summed E-state index contributed by atoms with van der Waals surface area (Å²) in [6, 6.07) is 1.44. The van der Waals surface area contributed by atoms with Crippen LogP contribution in [0.5, 0.6) is 0 Å². The highest BCUT2D eigenvalue weighted by Gasteiger charge is 2.14. The normalized spacial score (nSPS) is 10.2. The summed E-state index contributed by atoms with van der Waals surface area (Å²) < 4.78 is 13.5. The number of halogens is 1. The summed E-state index contributed by atoms with van der Waals surface area (Å²) in [7, 11) is 0. The molecule has 6 heteroatoms. The van der Waals surface area contributed by atoms with E-state index in [0.29, 0.717) is 5.56 Å². The van der Waals surface area contributed by atoms with Gasteiger partial charge in [0.2, 0.25) is 5.82 Å². The van der Waals surface area contributed by atoms with E-state index in [9.17, 15) is 9.18 Å². The molecule has 0 fully saturated rings. The number of rotatable bonds is 2. The third-order valence-electron chi connectivity index (χ3n) is 2.19. The lowest BCUT2D eigenvalue weighted by molar-refractivity contribution is 0.0683. The van der Waals surface area contributed by atoms with Crippen molar-refractivity contribution in [2.75, 3.05) is 0 Å². The molecule has 0 saturated carbocycles. The van der Waals surface area contributed by atoms with Crippen LogP contribution < -0.4 is 0 Å². The second-order valence-corrected chi connectivity index (χ2v) is 3.39. The van der Waals surface area contributed by atoms with Crippen molar-refractivity contribution in [1.29, 1.82) is 0 Å². The maximum Gasteiger partial charge on any atom is 0.373 e. The van der Waals surface area contributed by atoms with E-state index in [4.69, 9.17) is 5.11 Å². The Hall–Kier alpha value is -2.37. The van der Waals surface area contributed by atoms with Crippen LogP contribution in [-0.2, 0) is 0 Å². The highest BCUT2D eigenvalue weighted by atomic mass is 19.1. The van der Waals surface area contributed by atoms with Crippen LogP contribution in [0.25, 0.3) is 11.3 Å². The van der Waals surface area contributed by atoms with E-state index in [1.54, 1.807) is 6.92 Å². The number of hydrogen-bond acceptors (Lipinski definition) is 4. The van der Waals surface area contributed by atoms with Gasteiger partial charge in [-0.3, -0.25) is 4.98 Å². The van der Waals surface area contributed by atoms with Crippen LogP contribution in [0.4, 0.5) is 4.39 Å². The van der Waals surface area contributed by atoms with Gasteiger partial charge in [-0.1, -0.05) is 0 Å². The predicted molar refractivity (Wildman–Crippen MR) is 56.9 cm³/mol. The zero-order valence-corrected chi connectivity index (χ0v) is 8.88. The molecule has 2 aromatic rings. The maximum absolute atomic E-state index is 13.5. The zero-order valence-electron chi connectivity index (χ0n) is 8.88. The second-order valence-electron chi connectivity index (χ2n) is 3.39. The van der Waals surface area contributed by atoms with Crippen LogP contribution in [0.3, 0.4) is 0 Å². The Morgan fingerprint density at radius 3 is 2.82 bits per heavy atom. The van der Waals surface area contributed by atoms with Crippen molar-refractivity contribution in [3.8, 4) is 11.3 Å². The van der Waals surface area contributed by atoms with Crippen LogP contribution in [0.2, 0.25) is 0 Å². The first-order valence-corrected chi connectivity index (χ1v) is 4.76. The summed E-state index contributed by atoms with van der Waals surface area (Å²) in [5.41, 5.74) is 1.07. The molecule has 0 saturated heterocycles. The number of nitrogens with zero attached hydrogens (tertiary/aromatic N) is 3. The molecule has 0 unspecified atom stereocenters. The van der Waals surface area contributed by atoms with Crippen LogP contribution in [-0.4, -0.2) is 26.0 Å². The number of aromatic carboxylic acids is 1. The lowest BCUT2D eigenvalue weighted by atomic mass is 10.1. The Labute approximate surface area is 96.0 Å². The van der Waals surface area contributed by atoms with Crippen molar-refractivity contribution < 1.29 is 14.3 Å². The summed E-state index contributed by atoms with van der Waals surface area (Å²) in [6.45, 7) is 1.68. The fourth-order valence-corrected chi connectivity index (χ4v) is 1.38. The Morgan fingerprint density at radius 2 is 2.18 bits per heavy atom. The summed E-state index contributed by atoms with van der Waals surface area (Å²) >= 11 is 0. The predicted octanol–water partition coefficient (Wildman–Crippen LogP) is 1.68. The minimum Gasteiger partial charge on any atom is -0.475 e. The van der Waals surface area contributed by atoms with Crippen LogP contribution in [0.15, 0.2) is 24.7 Å². The van der Waals surface area contributed by atoms with Gasteiger partial charge in [0.15, 0.2) is 5.82 Å². The van der Waals surface area contributed by atoms with Crippen LogP contribution in [0, 0.1) is 12.7 Å². The SMILES string of the molecule is Cc1cnc(C(=O)O)nc1-c1ccncc1F. The first-order valence-electron chi connectivity index (χ1n) is 4.76. The molecule has 86 valence electrons. The molecule has 2 rings (SSSR count). The smallest absolute Gasteiger partial charge is 0.373 e. The number of carboxylic acids is 1. The van der Waals surface area contributed by atoms with Gasteiger partial charge in [-0.2, -0.15) is 0 Å². The van der Waals surface area contributed by atoms with E-state index in [1.807, 2.05) is 0 Å². The van der Waals surface area contributed by atoms with E-state index >= 15 is 0 Å². The molecule has 0 aliphatic rings. The van der Waals surface area contributed by atoms with Crippen molar-refractivity contribution in [3.63, 3.8) is 0 Å². The number of aryl methyl sites for hydroxylation is 1. The van der Waals surface area contributed by atoms with Crippen LogP contribution >= 0.6 is 0 Å². The standard InChI is InChI=1S/C11H8FN3O2/c1-6-4-14-10(11(16)17)15-9(6)7-2-3-13-5-8(7)12/h2-5H,1H3,(H,16,17). The van der Waals surface area contributed by atoms with Gasteiger partial charge < -0.3 is 5.11 Å². The average molecular weight is 233 g/mol. The highest BCUT2D eigenvalue weighted by Crippen LogP contribution is 2.22. The molecule has 0 spiro atoms. The molecule has 2 heterocycles. The quantitative estimate of drug-likeness (QED) is 0.854. The Kier molecular flexibility index (Phi) is 2.78. The number of hydrogen-bond donors (Lipinski definition) is 1. The molecular formula is C11H8FN3O2. The average Bonchev–Trinajstić information content (AvgIpc) is 2.30. The Morgan fingerprint density at radius 1 is 1.41 bits per heavy atom. The van der Waals surface area contributed by atoms with E-state index in [2.05, 4.69) is 15.0 Å². The lowest BCUT2D eigenvalue weighted by Crippen LogP contribution is -2.06. The molecule has 1 N–H and O–H groups in total. The molecule has 5 nitrogen and oxygen atoms in total. The van der Waals surface area contributed by atoms with Gasteiger partial charge in [0.25, 0.3) is 0 Å². The highest BCUT2D eigenvalue weighted by molar-refractivity contribution is 5.84. The third kappa shape index (κ3) is 2.10. The van der Waals surface area contributed by atoms with E-state index in [1.165, 1.54) is 18.5 Å².